The first-order valence-electron chi connectivity index (χ1n) is 10.2. The molecule has 0 aromatic carbocycles. The number of morpholine rings is 1. The van der Waals surface area contributed by atoms with E-state index in [1.54, 1.807) is 24.2 Å². The molecule has 0 saturated carbocycles. The Kier molecular flexibility index (Phi) is 5.50. The molecule has 4 heterocycles. The van der Waals surface area contributed by atoms with Crippen LogP contribution in [0.5, 0.6) is 0 Å². The Hall–Kier alpha value is -2.19. The molecule has 152 valence electrons. The predicted molar refractivity (Wildman–Crippen MR) is 107 cm³/mol. The first kappa shape index (κ1) is 19.1. The molecule has 1 aromatic heterocycles. The number of carbonyl (C=O) groups excluding carboxylic acids is 2. The lowest BCUT2D eigenvalue weighted by atomic mass is 9.89. The van der Waals surface area contributed by atoms with Gasteiger partial charge < -0.3 is 19.9 Å². The van der Waals surface area contributed by atoms with Crippen LogP contribution in [0.3, 0.4) is 0 Å². The molecule has 0 spiro atoms. The highest BCUT2D eigenvalue weighted by Gasteiger charge is 2.31. The molecule has 28 heavy (non-hydrogen) atoms. The Balaban J connectivity index is 1.38. The lowest BCUT2D eigenvalue weighted by Gasteiger charge is -2.41. The van der Waals surface area contributed by atoms with E-state index in [1.165, 1.54) is 0 Å². The summed E-state index contributed by atoms with van der Waals surface area (Å²) in [5, 5.41) is 3.00. The largest absolute Gasteiger partial charge is 0.379 e. The molecule has 0 aliphatic carbocycles. The summed E-state index contributed by atoms with van der Waals surface area (Å²) in [5.74, 6) is 1.23. The maximum absolute atomic E-state index is 13.0. The van der Waals surface area contributed by atoms with Gasteiger partial charge in [-0.3, -0.25) is 14.5 Å². The number of piperidine rings is 1. The van der Waals surface area contributed by atoms with E-state index < -0.39 is 0 Å². The van der Waals surface area contributed by atoms with E-state index in [2.05, 4.69) is 22.1 Å². The van der Waals surface area contributed by atoms with E-state index in [4.69, 9.17) is 4.74 Å². The van der Waals surface area contributed by atoms with Crippen molar-refractivity contribution in [3.8, 4) is 0 Å². The predicted octanol–water partition coefficient (Wildman–Crippen LogP) is 1.04. The van der Waals surface area contributed by atoms with Gasteiger partial charge in [-0.15, -0.1) is 0 Å². The van der Waals surface area contributed by atoms with E-state index in [0.717, 1.165) is 52.2 Å². The number of carbonyl (C=O) groups is 2. The Bertz CT molecular complexity index is 741. The number of nitrogens with one attached hydrogen (secondary N) is 1. The standard InChI is InChI=1S/C20H29N5O3/c1-14(24-7-9-28-10-8-24)15-3-5-25(6-4-15)20(27)16-11-17-19(21-12-16)22-13-18(26)23(17)2/h11-12,14-15H,3-10,13H2,1-2H3,(H,21,22). The number of hydrogen-bond donors (Lipinski definition) is 1. The Labute approximate surface area is 165 Å². The van der Waals surface area contributed by atoms with Crippen LogP contribution < -0.4 is 10.2 Å². The van der Waals surface area contributed by atoms with Crippen molar-refractivity contribution >= 4 is 23.3 Å². The molecule has 2 saturated heterocycles. The van der Waals surface area contributed by atoms with Crippen molar-refractivity contribution in [3.05, 3.63) is 17.8 Å². The fourth-order valence-corrected chi connectivity index (χ4v) is 4.42. The van der Waals surface area contributed by atoms with Crippen LogP contribution in [-0.2, 0) is 9.53 Å². The van der Waals surface area contributed by atoms with Gasteiger partial charge in [-0.25, -0.2) is 4.98 Å². The van der Waals surface area contributed by atoms with Crippen molar-refractivity contribution in [2.24, 2.45) is 5.92 Å². The fourth-order valence-electron chi connectivity index (χ4n) is 4.42. The molecule has 1 atom stereocenters. The average molecular weight is 387 g/mol. The molecule has 0 bridgehead atoms. The molecule has 8 heteroatoms. The van der Waals surface area contributed by atoms with Gasteiger partial charge in [0.25, 0.3) is 5.91 Å². The first-order chi connectivity index (χ1) is 13.5. The van der Waals surface area contributed by atoms with Gasteiger partial charge >= 0.3 is 0 Å². The normalized spacial score (nSPS) is 22.6. The average Bonchev–Trinajstić information content (AvgIpc) is 2.76. The number of ether oxygens (including phenoxy) is 1. The Morgan fingerprint density at radius 1 is 1.25 bits per heavy atom. The number of hydrogen-bond acceptors (Lipinski definition) is 6. The second kappa shape index (κ2) is 8.05. The van der Waals surface area contributed by atoms with E-state index in [1.807, 2.05) is 4.90 Å². The second-order valence-corrected chi connectivity index (χ2v) is 7.92. The molecule has 2 amide bonds. The molecule has 1 N–H and O–H groups in total. The number of aromatic nitrogens is 1. The maximum Gasteiger partial charge on any atom is 0.255 e. The summed E-state index contributed by atoms with van der Waals surface area (Å²) < 4.78 is 5.46. The van der Waals surface area contributed by atoms with Crippen LogP contribution >= 0.6 is 0 Å². The van der Waals surface area contributed by atoms with E-state index in [9.17, 15) is 9.59 Å². The fraction of sp³-hybridized carbons (Fsp3) is 0.650. The number of rotatable bonds is 3. The number of fused-ring (bicyclic) bond motifs is 1. The van der Waals surface area contributed by atoms with Crippen molar-refractivity contribution in [3.63, 3.8) is 0 Å². The minimum absolute atomic E-state index is 0.000743. The molecule has 0 radical (unpaired) electrons. The highest BCUT2D eigenvalue weighted by molar-refractivity contribution is 6.03. The number of amides is 2. The number of nitrogens with zero attached hydrogens (tertiary/aromatic N) is 4. The molecular weight excluding hydrogens is 358 g/mol. The van der Waals surface area contributed by atoms with Crippen LogP contribution in [0.1, 0.15) is 30.1 Å². The third-order valence-electron chi connectivity index (χ3n) is 6.39. The number of likely N-dealkylation sites (tertiary alicyclic amines) is 1. The SMILES string of the molecule is CC(C1CCN(C(=O)c2cnc3c(c2)N(C)C(=O)CN3)CC1)N1CCOCC1. The van der Waals surface area contributed by atoms with Gasteiger partial charge in [-0.1, -0.05) is 0 Å². The van der Waals surface area contributed by atoms with Crippen LogP contribution in [0.2, 0.25) is 0 Å². The third-order valence-corrected chi connectivity index (χ3v) is 6.39. The molecule has 1 unspecified atom stereocenters. The van der Waals surface area contributed by atoms with Crippen LogP contribution in [0.25, 0.3) is 0 Å². The quantitative estimate of drug-likeness (QED) is 0.835. The minimum atomic E-state index is -0.0307. The van der Waals surface area contributed by atoms with E-state index >= 15 is 0 Å². The van der Waals surface area contributed by atoms with Gasteiger partial charge in [0.1, 0.15) is 5.82 Å². The Morgan fingerprint density at radius 3 is 2.68 bits per heavy atom. The lowest BCUT2D eigenvalue weighted by Crippen LogP contribution is -2.49. The summed E-state index contributed by atoms with van der Waals surface area (Å²) in [5.41, 5.74) is 1.21. The maximum atomic E-state index is 13.0. The zero-order valence-corrected chi connectivity index (χ0v) is 16.7. The third kappa shape index (κ3) is 3.71. The smallest absolute Gasteiger partial charge is 0.255 e. The van der Waals surface area contributed by atoms with Gasteiger partial charge in [0.2, 0.25) is 5.91 Å². The number of anilines is 2. The molecule has 1 aromatic rings. The van der Waals surface area contributed by atoms with Crippen molar-refractivity contribution < 1.29 is 14.3 Å². The van der Waals surface area contributed by atoms with E-state index in [-0.39, 0.29) is 18.4 Å². The summed E-state index contributed by atoms with van der Waals surface area (Å²) in [6, 6.07) is 2.30. The highest BCUT2D eigenvalue weighted by Crippen LogP contribution is 2.29. The summed E-state index contributed by atoms with van der Waals surface area (Å²) >= 11 is 0. The van der Waals surface area contributed by atoms with Gasteiger partial charge in [-0.2, -0.15) is 0 Å². The number of pyridine rings is 1. The van der Waals surface area contributed by atoms with Crippen molar-refractivity contribution in [2.45, 2.75) is 25.8 Å². The van der Waals surface area contributed by atoms with Crippen molar-refractivity contribution in [1.82, 2.24) is 14.8 Å². The molecule has 8 nitrogen and oxygen atoms in total. The molecule has 3 aliphatic heterocycles. The Morgan fingerprint density at radius 2 is 1.96 bits per heavy atom. The van der Waals surface area contributed by atoms with Crippen LogP contribution in [0.4, 0.5) is 11.5 Å². The van der Waals surface area contributed by atoms with Crippen LogP contribution in [-0.4, -0.2) is 85.6 Å². The minimum Gasteiger partial charge on any atom is -0.379 e. The first-order valence-corrected chi connectivity index (χ1v) is 10.2. The van der Waals surface area contributed by atoms with Gasteiger partial charge in [0.15, 0.2) is 0 Å². The topological polar surface area (TPSA) is 78.0 Å². The van der Waals surface area contributed by atoms with Gasteiger partial charge in [0, 0.05) is 45.5 Å². The van der Waals surface area contributed by atoms with Gasteiger partial charge in [-0.05, 0) is 31.7 Å². The molecule has 4 rings (SSSR count). The molecule has 3 aliphatic rings. The number of likely N-dealkylation sites (N-methyl/N-ethyl adjacent to an activating group) is 1. The second-order valence-electron chi connectivity index (χ2n) is 7.92. The summed E-state index contributed by atoms with van der Waals surface area (Å²) in [4.78, 5) is 35.2. The van der Waals surface area contributed by atoms with E-state index in [0.29, 0.717) is 29.0 Å². The van der Waals surface area contributed by atoms with Crippen molar-refractivity contribution in [2.75, 3.05) is 63.2 Å². The zero-order chi connectivity index (χ0) is 19.7. The highest BCUT2D eigenvalue weighted by atomic mass is 16.5. The lowest BCUT2D eigenvalue weighted by molar-refractivity contribution is -0.116. The van der Waals surface area contributed by atoms with Crippen molar-refractivity contribution in [1.29, 1.82) is 0 Å². The van der Waals surface area contributed by atoms with Crippen LogP contribution in [0, 0.1) is 5.92 Å². The summed E-state index contributed by atoms with van der Waals surface area (Å²) in [6.45, 7) is 7.71. The van der Waals surface area contributed by atoms with Gasteiger partial charge in [0.05, 0.1) is 31.0 Å². The summed E-state index contributed by atoms with van der Waals surface area (Å²) in [7, 11) is 1.72. The molecular formula is C20H29N5O3. The molecule has 2 fully saturated rings. The van der Waals surface area contributed by atoms with Crippen LogP contribution in [0.15, 0.2) is 12.3 Å². The monoisotopic (exact) mass is 387 g/mol. The zero-order valence-electron chi connectivity index (χ0n) is 16.7. The summed E-state index contributed by atoms with van der Waals surface area (Å²) in [6.07, 6.45) is 3.64.